The van der Waals surface area contributed by atoms with Crippen LogP contribution < -0.4 is 10.1 Å². The molecule has 0 spiro atoms. The van der Waals surface area contributed by atoms with E-state index in [-0.39, 0.29) is 5.91 Å². The first kappa shape index (κ1) is 16.6. The maximum atomic E-state index is 12.3. The molecule has 1 amide bonds. The Morgan fingerprint density at radius 2 is 2.09 bits per heavy atom. The number of carbonyl (C=O) groups is 1. The number of rotatable bonds is 6. The van der Waals surface area contributed by atoms with Crippen LogP contribution in [0.2, 0.25) is 0 Å². The molecule has 1 atom stereocenters. The zero-order valence-corrected chi connectivity index (χ0v) is 13.9. The van der Waals surface area contributed by atoms with Crippen LogP contribution in [0, 0.1) is 13.8 Å². The molecule has 1 aromatic carbocycles. The lowest BCUT2D eigenvalue weighted by Gasteiger charge is -2.19. The average molecular weight is 301 g/mol. The van der Waals surface area contributed by atoms with Crippen LogP contribution in [-0.4, -0.2) is 18.6 Å². The summed E-state index contributed by atoms with van der Waals surface area (Å²) in [6.45, 7) is 6.76. The molecule has 0 saturated carbocycles. The Balaban J connectivity index is 1.90. The number of amides is 1. The zero-order chi connectivity index (χ0) is 15.9. The second kappa shape index (κ2) is 8.02. The van der Waals surface area contributed by atoms with Gasteiger partial charge in [-0.2, -0.15) is 0 Å². The normalized spacial score (nSPS) is 15.9. The molecule has 0 aromatic heterocycles. The van der Waals surface area contributed by atoms with E-state index in [1.165, 1.54) is 29.5 Å². The Bertz CT molecular complexity index is 548. The van der Waals surface area contributed by atoms with Gasteiger partial charge in [0.2, 0.25) is 0 Å². The molecule has 2 rings (SSSR count). The zero-order valence-electron chi connectivity index (χ0n) is 13.9. The third kappa shape index (κ3) is 4.62. The lowest BCUT2D eigenvalue weighted by atomic mass is 9.99. The van der Waals surface area contributed by atoms with Crippen LogP contribution >= 0.6 is 0 Å². The highest BCUT2D eigenvalue weighted by Gasteiger charge is 2.18. The first-order chi connectivity index (χ1) is 10.6. The van der Waals surface area contributed by atoms with Crippen molar-refractivity contribution in [2.24, 2.45) is 0 Å². The predicted octanol–water partition coefficient (Wildman–Crippen LogP) is 4.08. The first-order valence-corrected chi connectivity index (χ1v) is 8.29. The third-order valence-corrected chi connectivity index (χ3v) is 4.29. The Morgan fingerprint density at radius 3 is 2.73 bits per heavy atom. The molecule has 1 N–H and O–H groups in total. The van der Waals surface area contributed by atoms with E-state index in [0.29, 0.717) is 13.0 Å². The van der Waals surface area contributed by atoms with Gasteiger partial charge in [-0.1, -0.05) is 24.6 Å². The van der Waals surface area contributed by atoms with Crippen LogP contribution in [0.4, 0.5) is 0 Å². The quantitative estimate of drug-likeness (QED) is 0.804. The van der Waals surface area contributed by atoms with Crippen LogP contribution in [0.5, 0.6) is 5.75 Å². The van der Waals surface area contributed by atoms with Crippen LogP contribution in [0.15, 0.2) is 29.8 Å². The Hall–Kier alpha value is -1.77. The summed E-state index contributed by atoms with van der Waals surface area (Å²) < 4.78 is 5.87. The number of ether oxygens (including phenoxy) is 1. The Labute approximate surface area is 133 Å². The van der Waals surface area contributed by atoms with Crippen LogP contribution in [-0.2, 0) is 4.79 Å². The molecule has 3 heteroatoms. The molecular formula is C19H27NO2. The van der Waals surface area contributed by atoms with Gasteiger partial charge in [0.1, 0.15) is 5.75 Å². The molecule has 3 nitrogen and oxygen atoms in total. The molecule has 0 aliphatic heterocycles. The van der Waals surface area contributed by atoms with Crippen LogP contribution in [0.3, 0.4) is 0 Å². The fourth-order valence-electron chi connectivity index (χ4n) is 2.65. The van der Waals surface area contributed by atoms with E-state index in [1.807, 2.05) is 25.1 Å². The van der Waals surface area contributed by atoms with Gasteiger partial charge in [0.05, 0.1) is 0 Å². The Morgan fingerprint density at radius 1 is 1.27 bits per heavy atom. The van der Waals surface area contributed by atoms with Crippen molar-refractivity contribution in [3.8, 4) is 5.75 Å². The summed E-state index contributed by atoms with van der Waals surface area (Å²) in [7, 11) is 0. The highest BCUT2D eigenvalue weighted by atomic mass is 16.5. The van der Waals surface area contributed by atoms with E-state index in [0.717, 1.165) is 18.6 Å². The van der Waals surface area contributed by atoms with Gasteiger partial charge in [0, 0.05) is 6.54 Å². The molecule has 0 unspecified atom stereocenters. The maximum absolute atomic E-state index is 12.3. The van der Waals surface area contributed by atoms with Crippen molar-refractivity contribution >= 4 is 5.91 Å². The number of hydrogen-bond donors (Lipinski definition) is 1. The van der Waals surface area contributed by atoms with Gasteiger partial charge in [-0.15, -0.1) is 0 Å². The van der Waals surface area contributed by atoms with Crippen molar-refractivity contribution in [3.05, 3.63) is 41.0 Å². The summed E-state index contributed by atoms with van der Waals surface area (Å²) in [6, 6.07) is 5.96. The van der Waals surface area contributed by atoms with Crippen molar-refractivity contribution < 1.29 is 9.53 Å². The SMILES string of the molecule is CC[C@@H](Oc1ccc(C)c(C)c1)C(=O)NCC1=CCCCC1. The molecule has 120 valence electrons. The van der Waals surface area contributed by atoms with Crippen molar-refractivity contribution in [2.75, 3.05) is 6.54 Å². The number of nitrogens with one attached hydrogen (secondary N) is 1. The van der Waals surface area contributed by atoms with E-state index >= 15 is 0 Å². The maximum Gasteiger partial charge on any atom is 0.261 e. The predicted molar refractivity (Wildman–Crippen MR) is 90.2 cm³/mol. The van der Waals surface area contributed by atoms with Crippen molar-refractivity contribution in [2.45, 2.75) is 59.0 Å². The molecule has 0 heterocycles. The summed E-state index contributed by atoms with van der Waals surface area (Å²) in [6.07, 6.45) is 7.25. The van der Waals surface area contributed by atoms with Crippen molar-refractivity contribution in [1.82, 2.24) is 5.32 Å². The highest BCUT2D eigenvalue weighted by Crippen LogP contribution is 2.19. The van der Waals surface area contributed by atoms with Gasteiger partial charge in [-0.3, -0.25) is 4.79 Å². The molecule has 0 bridgehead atoms. The minimum atomic E-state index is -0.425. The number of aryl methyl sites for hydroxylation is 2. The van der Waals surface area contributed by atoms with Gasteiger partial charge < -0.3 is 10.1 Å². The highest BCUT2D eigenvalue weighted by molar-refractivity contribution is 5.81. The fraction of sp³-hybridized carbons (Fsp3) is 0.526. The lowest BCUT2D eigenvalue weighted by Crippen LogP contribution is -2.39. The lowest BCUT2D eigenvalue weighted by molar-refractivity contribution is -0.127. The largest absolute Gasteiger partial charge is 0.481 e. The summed E-state index contributed by atoms with van der Waals surface area (Å²) >= 11 is 0. The topological polar surface area (TPSA) is 38.3 Å². The van der Waals surface area contributed by atoms with Gasteiger partial charge in [0.15, 0.2) is 6.10 Å². The molecule has 1 aromatic rings. The average Bonchev–Trinajstić information content (AvgIpc) is 2.54. The number of allylic oxidation sites excluding steroid dienone is 1. The molecule has 1 aliphatic carbocycles. The third-order valence-electron chi connectivity index (χ3n) is 4.29. The molecule has 22 heavy (non-hydrogen) atoms. The van der Waals surface area contributed by atoms with Gasteiger partial charge in [0.25, 0.3) is 5.91 Å². The fourth-order valence-corrected chi connectivity index (χ4v) is 2.65. The van der Waals surface area contributed by atoms with Crippen LogP contribution in [0.1, 0.15) is 50.2 Å². The van der Waals surface area contributed by atoms with Gasteiger partial charge >= 0.3 is 0 Å². The second-order valence-electron chi connectivity index (χ2n) is 6.09. The number of benzene rings is 1. The van der Waals surface area contributed by atoms with Crippen molar-refractivity contribution in [1.29, 1.82) is 0 Å². The Kier molecular flexibility index (Phi) is 6.05. The smallest absolute Gasteiger partial charge is 0.261 e. The monoisotopic (exact) mass is 301 g/mol. The summed E-state index contributed by atoms with van der Waals surface area (Å²) in [4.78, 5) is 12.3. The summed E-state index contributed by atoms with van der Waals surface area (Å²) in [5, 5.41) is 3.02. The van der Waals surface area contributed by atoms with Crippen molar-refractivity contribution in [3.63, 3.8) is 0 Å². The minimum absolute atomic E-state index is 0.0211. The standard InChI is InChI=1S/C19H27NO2/c1-4-18(22-17-11-10-14(2)15(3)12-17)19(21)20-13-16-8-6-5-7-9-16/h8,10-12,18H,4-7,9,13H2,1-3H3,(H,20,21)/t18-/m1/s1. The van der Waals surface area contributed by atoms with Gasteiger partial charge in [-0.25, -0.2) is 0 Å². The second-order valence-corrected chi connectivity index (χ2v) is 6.09. The van der Waals surface area contributed by atoms with E-state index < -0.39 is 6.10 Å². The van der Waals surface area contributed by atoms with Crippen LogP contribution in [0.25, 0.3) is 0 Å². The van der Waals surface area contributed by atoms with E-state index in [2.05, 4.69) is 25.2 Å². The van der Waals surface area contributed by atoms with Gasteiger partial charge in [-0.05, 0) is 69.2 Å². The first-order valence-electron chi connectivity index (χ1n) is 8.29. The number of carbonyl (C=O) groups excluding carboxylic acids is 1. The minimum Gasteiger partial charge on any atom is -0.481 e. The molecule has 0 fully saturated rings. The molecule has 1 aliphatic rings. The molecule has 0 saturated heterocycles. The summed E-state index contributed by atoms with van der Waals surface area (Å²) in [5.41, 5.74) is 3.76. The summed E-state index contributed by atoms with van der Waals surface area (Å²) in [5.74, 6) is 0.745. The van der Waals surface area contributed by atoms with E-state index in [9.17, 15) is 4.79 Å². The number of hydrogen-bond acceptors (Lipinski definition) is 2. The van der Waals surface area contributed by atoms with E-state index in [1.54, 1.807) is 0 Å². The van der Waals surface area contributed by atoms with E-state index in [4.69, 9.17) is 4.74 Å². The molecular weight excluding hydrogens is 274 g/mol. The molecule has 0 radical (unpaired) electrons.